The Morgan fingerprint density at radius 3 is 2.46 bits per heavy atom. The number of rotatable bonds is 0. The summed E-state index contributed by atoms with van der Waals surface area (Å²) in [5.74, 6) is 0. The number of halogens is 3. The average Bonchev–Trinajstić information content (AvgIpc) is 1.97. The highest BCUT2D eigenvalue weighted by Gasteiger charge is 2.33. The standard InChI is InChI=1S/C6H5F3N2O2/c1-11-4(12)2-3(6(7,8)9)10-5(11)13/h2H,1H3,(H,10,13)/p-1. The molecule has 1 aromatic heterocycles. The third-order valence-electron chi connectivity index (χ3n) is 1.38. The van der Waals surface area contributed by atoms with E-state index in [1.54, 1.807) is 0 Å². The van der Waals surface area contributed by atoms with Gasteiger partial charge in [-0.15, -0.1) is 0 Å². The fourth-order valence-corrected chi connectivity index (χ4v) is 0.664. The summed E-state index contributed by atoms with van der Waals surface area (Å²) in [6, 6.07) is -0.929. The van der Waals surface area contributed by atoms with Crippen LogP contribution in [-0.2, 0) is 13.2 Å². The Hall–Kier alpha value is -1.53. The second-order valence-electron chi connectivity index (χ2n) is 2.32. The minimum Gasteiger partial charge on any atom is -0.846 e. The summed E-state index contributed by atoms with van der Waals surface area (Å²) >= 11 is 0. The molecule has 0 N–H and O–H groups in total. The molecule has 0 amide bonds. The van der Waals surface area contributed by atoms with Crippen molar-refractivity contribution in [1.82, 2.24) is 9.55 Å². The Kier molecular flexibility index (Phi) is 2.02. The average molecular weight is 193 g/mol. The van der Waals surface area contributed by atoms with Gasteiger partial charge in [-0.25, -0.2) is 4.98 Å². The Labute approximate surface area is 70.3 Å². The first-order chi connectivity index (χ1) is 5.82. The van der Waals surface area contributed by atoms with Gasteiger partial charge in [-0.3, -0.25) is 4.79 Å². The summed E-state index contributed by atoms with van der Waals surface area (Å²) in [5.41, 5.74) is -2.48. The monoisotopic (exact) mass is 193 g/mol. The molecule has 0 spiro atoms. The number of alkyl halides is 3. The molecule has 1 rings (SSSR count). The minimum absolute atomic E-state index is 0.279. The van der Waals surface area contributed by atoms with Crippen LogP contribution in [0.5, 0.6) is 6.01 Å². The smallest absolute Gasteiger partial charge is 0.433 e. The first-order valence-electron chi connectivity index (χ1n) is 3.14. The Balaban J connectivity index is 3.38. The van der Waals surface area contributed by atoms with Crippen molar-refractivity contribution in [1.29, 1.82) is 0 Å². The van der Waals surface area contributed by atoms with Crippen LogP contribution in [0.25, 0.3) is 0 Å². The largest absolute Gasteiger partial charge is 0.846 e. The molecule has 1 heterocycles. The molecule has 0 unspecified atom stereocenters. The molecule has 7 heteroatoms. The van der Waals surface area contributed by atoms with Gasteiger partial charge in [0.15, 0.2) is 5.69 Å². The van der Waals surface area contributed by atoms with E-state index in [0.717, 1.165) is 7.05 Å². The van der Waals surface area contributed by atoms with Crippen molar-refractivity contribution in [3.8, 4) is 6.01 Å². The third-order valence-corrected chi connectivity index (χ3v) is 1.38. The lowest BCUT2D eigenvalue weighted by molar-refractivity contribution is -0.287. The summed E-state index contributed by atoms with van der Waals surface area (Å²) < 4.78 is 36.3. The van der Waals surface area contributed by atoms with Crippen LogP contribution in [0.15, 0.2) is 10.9 Å². The van der Waals surface area contributed by atoms with E-state index in [-0.39, 0.29) is 6.07 Å². The number of nitrogens with zero attached hydrogens (tertiary/aromatic N) is 2. The number of hydrogen-bond acceptors (Lipinski definition) is 3. The van der Waals surface area contributed by atoms with Crippen molar-refractivity contribution >= 4 is 0 Å². The summed E-state index contributed by atoms with van der Waals surface area (Å²) in [6.07, 6.45) is -4.76. The van der Waals surface area contributed by atoms with Gasteiger partial charge in [0.05, 0.1) is 6.01 Å². The molecule has 0 aromatic carbocycles. The second kappa shape index (κ2) is 2.75. The molecule has 0 aliphatic heterocycles. The summed E-state index contributed by atoms with van der Waals surface area (Å²) in [6.45, 7) is 0. The fraction of sp³-hybridized carbons (Fsp3) is 0.333. The maximum absolute atomic E-state index is 11.9. The van der Waals surface area contributed by atoms with Gasteiger partial charge in [-0.1, -0.05) is 0 Å². The molecule has 0 aliphatic rings. The normalized spacial score (nSPS) is 11.7. The van der Waals surface area contributed by atoms with Crippen LogP contribution in [-0.4, -0.2) is 9.55 Å². The maximum atomic E-state index is 11.9. The fourth-order valence-electron chi connectivity index (χ4n) is 0.664. The van der Waals surface area contributed by atoms with Gasteiger partial charge in [0.25, 0.3) is 5.56 Å². The highest BCUT2D eigenvalue weighted by molar-refractivity contribution is 5.08. The highest BCUT2D eigenvalue weighted by atomic mass is 19.4. The van der Waals surface area contributed by atoms with Crippen molar-refractivity contribution in [3.05, 3.63) is 22.1 Å². The van der Waals surface area contributed by atoms with Crippen LogP contribution in [0.3, 0.4) is 0 Å². The van der Waals surface area contributed by atoms with E-state index in [2.05, 4.69) is 4.98 Å². The van der Waals surface area contributed by atoms with Crippen molar-refractivity contribution in [3.63, 3.8) is 0 Å². The van der Waals surface area contributed by atoms with E-state index in [9.17, 15) is 23.1 Å². The predicted octanol–water partition coefficient (Wildman–Crippen LogP) is -0.127. The van der Waals surface area contributed by atoms with Crippen LogP contribution < -0.4 is 10.7 Å². The van der Waals surface area contributed by atoms with E-state index in [4.69, 9.17) is 0 Å². The zero-order chi connectivity index (χ0) is 10.2. The third kappa shape index (κ3) is 1.79. The van der Waals surface area contributed by atoms with Gasteiger partial charge < -0.3 is 9.67 Å². The predicted molar refractivity (Wildman–Crippen MR) is 33.9 cm³/mol. The van der Waals surface area contributed by atoms with Crippen molar-refractivity contribution < 1.29 is 18.3 Å². The molecule has 0 saturated heterocycles. The molecule has 4 nitrogen and oxygen atoms in total. The lowest BCUT2D eigenvalue weighted by Crippen LogP contribution is -2.25. The van der Waals surface area contributed by atoms with E-state index >= 15 is 0 Å². The van der Waals surface area contributed by atoms with Crippen LogP contribution in [0, 0.1) is 0 Å². The van der Waals surface area contributed by atoms with Crippen LogP contribution in [0.1, 0.15) is 5.69 Å². The van der Waals surface area contributed by atoms with E-state index in [1.807, 2.05) is 0 Å². The topological polar surface area (TPSA) is 57.9 Å². The lowest BCUT2D eigenvalue weighted by Gasteiger charge is -2.13. The van der Waals surface area contributed by atoms with Crippen molar-refractivity contribution in [2.75, 3.05) is 0 Å². The van der Waals surface area contributed by atoms with Gasteiger partial charge in [0.2, 0.25) is 0 Å². The van der Waals surface area contributed by atoms with Crippen molar-refractivity contribution in [2.45, 2.75) is 6.18 Å². The van der Waals surface area contributed by atoms with Gasteiger partial charge in [-0.2, -0.15) is 13.2 Å². The molecule has 0 bridgehead atoms. The summed E-state index contributed by atoms with van der Waals surface area (Å²) in [7, 11) is 1.05. The zero-order valence-corrected chi connectivity index (χ0v) is 6.42. The van der Waals surface area contributed by atoms with Gasteiger partial charge in [0, 0.05) is 13.1 Å². The van der Waals surface area contributed by atoms with Crippen molar-refractivity contribution in [2.24, 2.45) is 7.05 Å². The first-order valence-corrected chi connectivity index (χ1v) is 3.14. The molecule has 72 valence electrons. The zero-order valence-electron chi connectivity index (χ0n) is 6.42. The van der Waals surface area contributed by atoms with Gasteiger partial charge in [0.1, 0.15) is 0 Å². The molecule has 13 heavy (non-hydrogen) atoms. The van der Waals surface area contributed by atoms with E-state index in [1.165, 1.54) is 0 Å². The maximum Gasteiger partial charge on any atom is 0.433 e. The minimum atomic E-state index is -4.76. The molecule has 0 aliphatic carbocycles. The lowest BCUT2D eigenvalue weighted by atomic mass is 10.4. The van der Waals surface area contributed by atoms with E-state index < -0.39 is 23.4 Å². The quantitative estimate of drug-likeness (QED) is 0.576. The number of hydrogen-bond donors (Lipinski definition) is 0. The van der Waals surface area contributed by atoms with Crippen LogP contribution >= 0.6 is 0 Å². The Morgan fingerprint density at radius 1 is 1.54 bits per heavy atom. The van der Waals surface area contributed by atoms with Gasteiger partial charge in [-0.05, 0) is 0 Å². The molecule has 0 atom stereocenters. The molecule has 0 fully saturated rings. The summed E-state index contributed by atoms with van der Waals surface area (Å²) in [4.78, 5) is 13.4. The Bertz CT molecular complexity index is 382. The van der Waals surface area contributed by atoms with Gasteiger partial charge >= 0.3 is 6.18 Å². The Morgan fingerprint density at radius 2 is 2.08 bits per heavy atom. The summed E-state index contributed by atoms with van der Waals surface area (Å²) in [5, 5.41) is 10.7. The molecule has 1 aromatic rings. The first kappa shape index (κ1) is 9.56. The number of aromatic nitrogens is 2. The SMILES string of the molecule is Cn1c([O-])nc(C(F)(F)F)cc1=O. The van der Waals surface area contributed by atoms with Crippen LogP contribution in [0.4, 0.5) is 13.2 Å². The van der Waals surface area contributed by atoms with E-state index in [0.29, 0.717) is 4.57 Å². The highest BCUT2D eigenvalue weighted by Crippen LogP contribution is 2.26. The molecular formula is C6H4F3N2O2-. The second-order valence-corrected chi connectivity index (χ2v) is 2.32. The molecule has 0 saturated carbocycles. The molecular weight excluding hydrogens is 189 g/mol. The molecule has 0 radical (unpaired) electrons. The van der Waals surface area contributed by atoms with Crippen LogP contribution in [0.2, 0.25) is 0 Å².